The van der Waals surface area contributed by atoms with Gasteiger partial charge in [0.1, 0.15) is 0 Å². The predicted octanol–water partition coefficient (Wildman–Crippen LogP) is 6.71. The summed E-state index contributed by atoms with van der Waals surface area (Å²) in [5.41, 5.74) is 5.29. The van der Waals surface area contributed by atoms with E-state index in [2.05, 4.69) is 70.0 Å². The van der Waals surface area contributed by atoms with Gasteiger partial charge in [0, 0.05) is 9.50 Å². The Hall–Kier alpha value is -0.310. The Kier molecular flexibility index (Phi) is 5.71. The van der Waals surface area contributed by atoms with Gasteiger partial charge in [-0.15, -0.1) is 0 Å². The summed E-state index contributed by atoms with van der Waals surface area (Å²) in [5.74, 6) is 0. The molecule has 0 nitrogen and oxygen atoms in total. The zero-order chi connectivity index (χ0) is 14.7. The summed E-state index contributed by atoms with van der Waals surface area (Å²) in [4.78, 5) is 0.161. The Bertz CT molecular complexity index is 588. The molecule has 106 valence electrons. The van der Waals surface area contributed by atoms with Crippen molar-refractivity contribution in [3.63, 3.8) is 0 Å². The van der Waals surface area contributed by atoms with E-state index in [1.54, 1.807) is 0 Å². The molecule has 0 fully saturated rings. The molecule has 0 bridgehead atoms. The minimum atomic E-state index is 0.161. The van der Waals surface area contributed by atoms with Crippen LogP contribution in [0, 0.1) is 0 Å². The van der Waals surface area contributed by atoms with Crippen molar-refractivity contribution >= 4 is 43.5 Å². The molecule has 0 saturated carbocycles. The molecule has 0 radical (unpaired) electrons. The van der Waals surface area contributed by atoms with Crippen LogP contribution >= 0.6 is 43.5 Å². The Morgan fingerprint density at radius 3 is 2.25 bits per heavy atom. The van der Waals surface area contributed by atoms with Crippen LogP contribution in [-0.4, -0.2) is 0 Å². The molecule has 0 aliphatic heterocycles. The van der Waals surface area contributed by atoms with Gasteiger partial charge in [-0.2, -0.15) is 0 Å². The third-order valence-corrected chi connectivity index (χ3v) is 5.20. The second-order valence-electron chi connectivity index (χ2n) is 4.80. The van der Waals surface area contributed by atoms with Crippen molar-refractivity contribution in [3.05, 3.63) is 68.1 Å². The van der Waals surface area contributed by atoms with Crippen LogP contribution in [0.15, 0.2) is 40.9 Å². The summed E-state index contributed by atoms with van der Waals surface area (Å²) in [6, 6.07) is 12.7. The second kappa shape index (κ2) is 7.11. The highest BCUT2D eigenvalue weighted by Gasteiger charge is 2.13. The van der Waals surface area contributed by atoms with Gasteiger partial charge in [0.15, 0.2) is 0 Å². The molecule has 0 saturated heterocycles. The number of hydrogen-bond donors (Lipinski definition) is 0. The van der Waals surface area contributed by atoms with Crippen molar-refractivity contribution in [2.24, 2.45) is 0 Å². The number of aryl methyl sites for hydroxylation is 2. The molecule has 0 N–H and O–H groups in total. The van der Waals surface area contributed by atoms with Gasteiger partial charge >= 0.3 is 0 Å². The third-order valence-electron chi connectivity index (χ3n) is 3.46. The van der Waals surface area contributed by atoms with E-state index in [0.29, 0.717) is 0 Å². The summed E-state index contributed by atoms with van der Waals surface area (Å²) >= 11 is 13.4. The lowest BCUT2D eigenvalue weighted by molar-refractivity contribution is 1.02. The molecule has 1 unspecified atom stereocenters. The first-order chi connectivity index (χ1) is 9.55. The second-order valence-corrected chi connectivity index (χ2v) is 7.07. The SMILES string of the molecule is CCc1ccc(C(Br)c2cc(Cl)cc(Br)c2)cc1CC. The molecule has 1 atom stereocenters. The Morgan fingerprint density at radius 2 is 1.65 bits per heavy atom. The highest BCUT2D eigenvalue weighted by atomic mass is 79.9. The monoisotopic (exact) mass is 414 g/mol. The maximum Gasteiger partial charge on any atom is 0.0645 e. The Morgan fingerprint density at radius 1 is 0.950 bits per heavy atom. The van der Waals surface area contributed by atoms with E-state index in [0.717, 1.165) is 27.9 Å². The smallest absolute Gasteiger partial charge is 0.0645 e. The van der Waals surface area contributed by atoms with Gasteiger partial charge in [-0.1, -0.05) is 75.5 Å². The highest BCUT2D eigenvalue weighted by molar-refractivity contribution is 9.10. The van der Waals surface area contributed by atoms with Crippen LogP contribution in [0.4, 0.5) is 0 Å². The molecule has 20 heavy (non-hydrogen) atoms. The van der Waals surface area contributed by atoms with E-state index in [9.17, 15) is 0 Å². The lowest BCUT2D eigenvalue weighted by atomic mass is 9.96. The lowest BCUT2D eigenvalue weighted by Gasteiger charge is -2.15. The van der Waals surface area contributed by atoms with Crippen molar-refractivity contribution in [2.45, 2.75) is 31.5 Å². The van der Waals surface area contributed by atoms with Gasteiger partial charge in [-0.3, -0.25) is 0 Å². The van der Waals surface area contributed by atoms with E-state index >= 15 is 0 Å². The van der Waals surface area contributed by atoms with Crippen LogP contribution in [0.1, 0.15) is 40.9 Å². The molecule has 0 aliphatic carbocycles. The van der Waals surface area contributed by atoms with E-state index in [1.807, 2.05) is 12.1 Å². The molecule has 2 aromatic carbocycles. The zero-order valence-corrected chi connectivity index (χ0v) is 15.5. The molecular weight excluding hydrogens is 399 g/mol. The number of alkyl halides is 1. The average molecular weight is 417 g/mol. The van der Waals surface area contributed by atoms with Crippen LogP contribution in [0.25, 0.3) is 0 Å². The van der Waals surface area contributed by atoms with Crippen molar-refractivity contribution in [3.8, 4) is 0 Å². The predicted molar refractivity (Wildman–Crippen MR) is 95.1 cm³/mol. The highest BCUT2D eigenvalue weighted by Crippen LogP contribution is 2.35. The molecular formula is C17H17Br2Cl. The summed E-state index contributed by atoms with van der Waals surface area (Å²) in [5, 5.41) is 0.750. The van der Waals surface area contributed by atoms with Gasteiger partial charge < -0.3 is 0 Å². The van der Waals surface area contributed by atoms with Gasteiger partial charge in [0.05, 0.1) is 4.83 Å². The first-order valence-corrected chi connectivity index (χ1v) is 8.85. The summed E-state index contributed by atoms with van der Waals surface area (Å²) < 4.78 is 1.00. The summed E-state index contributed by atoms with van der Waals surface area (Å²) in [6.45, 7) is 4.41. The summed E-state index contributed by atoms with van der Waals surface area (Å²) in [6.07, 6.45) is 2.15. The van der Waals surface area contributed by atoms with E-state index in [-0.39, 0.29) is 4.83 Å². The maximum absolute atomic E-state index is 6.14. The van der Waals surface area contributed by atoms with Crippen LogP contribution in [0.5, 0.6) is 0 Å². The minimum Gasteiger partial charge on any atom is -0.0843 e. The molecule has 0 spiro atoms. The molecule has 2 rings (SSSR count). The molecule has 0 aromatic heterocycles. The topological polar surface area (TPSA) is 0 Å². The van der Waals surface area contributed by atoms with Crippen molar-refractivity contribution < 1.29 is 0 Å². The van der Waals surface area contributed by atoms with E-state index in [4.69, 9.17) is 11.6 Å². The molecule has 2 aromatic rings. The average Bonchev–Trinajstić information content (AvgIpc) is 2.44. The number of benzene rings is 2. The molecule has 0 aliphatic rings. The molecule has 0 heterocycles. The molecule has 0 amide bonds. The fourth-order valence-electron chi connectivity index (χ4n) is 2.39. The number of rotatable bonds is 4. The quantitative estimate of drug-likeness (QED) is 0.486. The third kappa shape index (κ3) is 3.66. The van der Waals surface area contributed by atoms with Crippen molar-refractivity contribution in [2.75, 3.05) is 0 Å². The van der Waals surface area contributed by atoms with Gasteiger partial charge in [-0.25, -0.2) is 0 Å². The molecule has 3 heteroatoms. The van der Waals surface area contributed by atoms with Crippen molar-refractivity contribution in [1.82, 2.24) is 0 Å². The number of halogens is 3. The largest absolute Gasteiger partial charge is 0.0843 e. The van der Waals surface area contributed by atoms with Crippen LogP contribution < -0.4 is 0 Å². The lowest BCUT2D eigenvalue weighted by Crippen LogP contribution is -1.97. The van der Waals surface area contributed by atoms with Gasteiger partial charge in [-0.05, 0) is 53.3 Å². The first-order valence-electron chi connectivity index (χ1n) is 6.76. The summed E-state index contributed by atoms with van der Waals surface area (Å²) in [7, 11) is 0. The fourth-order valence-corrected chi connectivity index (χ4v) is 3.83. The maximum atomic E-state index is 6.14. The van der Waals surface area contributed by atoms with Gasteiger partial charge in [0.2, 0.25) is 0 Å². The Balaban J connectivity index is 2.39. The zero-order valence-electron chi connectivity index (χ0n) is 11.6. The van der Waals surface area contributed by atoms with Gasteiger partial charge in [0.25, 0.3) is 0 Å². The fraction of sp³-hybridized carbons (Fsp3) is 0.294. The van der Waals surface area contributed by atoms with Crippen LogP contribution in [0.3, 0.4) is 0 Å². The normalized spacial score (nSPS) is 12.4. The Labute approximate surface area is 142 Å². The van der Waals surface area contributed by atoms with Crippen LogP contribution in [-0.2, 0) is 12.8 Å². The van der Waals surface area contributed by atoms with E-state index in [1.165, 1.54) is 16.7 Å². The van der Waals surface area contributed by atoms with Crippen LogP contribution in [0.2, 0.25) is 5.02 Å². The number of hydrogen-bond acceptors (Lipinski definition) is 0. The van der Waals surface area contributed by atoms with Crippen molar-refractivity contribution in [1.29, 1.82) is 0 Å². The standard InChI is InChI=1S/C17H17Br2Cl/c1-3-11-5-6-13(7-12(11)4-2)17(19)14-8-15(18)10-16(20)9-14/h5-10,17H,3-4H2,1-2H3. The first kappa shape index (κ1) is 16.1. The van der Waals surface area contributed by atoms with E-state index < -0.39 is 0 Å². The minimum absolute atomic E-state index is 0.161.